The molecule has 0 saturated carbocycles. The molecule has 2 heterocycles. The molecule has 0 spiro atoms. The van der Waals surface area contributed by atoms with Gasteiger partial charge in [-0.25, -0.2) is 0 Å². The molecular weight excluding hydrogens is 322 g/mol. The van der Waals surface area contributed by atoms with Crippen LogP contribution < -0.4 is 5.32 Å². The zero-order chi connectivity index (χ0) is 15.1. The van der Waals surface area contributed by atoms with Crippen molar-refractivity contribution < 1.29 is 9.59 Å². The van der Waals surface area contributed by atoms with Gasteiger partial charge in [0, 0.05) is 10.7 Å². The fourth-order valence-electron chi connectivity index (χ4n) is 2.14. The summed E-state index contributed by atoms with van der Waals surface area (Å²) in [4.78, 5) is 30.6. The van der Waals surface area contributed by atoms with E-state index >= 15 is 0 Å². The van der Waals surface area contributed by atoms with E-state index in [2.05, 4.69) is 26.2 Å². The standard InChI is InChI=1S/C14H18BrN3O2/c1-13(2)12(20)18(14(3,4)11(19)17-13)8-10-6-5-9(15)7-16-10/h5-7H,8H2,1-4H3,(H,17,19). The van der Waals surface area contributed by atoms with Crippen molar-refractivity contribution in [2.75, 3.05) is 0 Å². The van der Waals surface area contributed by atoms with Gasteiger partial charge in [-0.2, -0.15) is 0 Å². The van der Waals surface area contributed by atoms with Crippen LogP contribution in [0.1, 0.15) is 33.4 Å². The molecule has 0 unspecified atom stereocenters. The van der Waals surface area contributed by atoms with Crippen LogP contribution in [0.4, 0.5) is 0 Å². The van der Waals surface area contributed by atoms with Crippen LogP contribution in [0.5, 0.6) is 0 Å². The molecule has 1 aromatic heterocycles. The molecule has 1 saturated heterocycles. The van der Waals surface area contributed by atoms with Gasteiger partial charge in [0.25, 0.3) is 0 Å². The number of pyridine rings is 1. The molecule has 2 amide bonds. The number of hydrogen-bond acceptors (Lipinski definition) is 3. The number of carbonyl (C=O) groups is 2. The molecule has 20 heavy (non-hydrogen) atoms. The van der Waals surface area contributed by atoms with Gasteiger partial charge in [0.2, 0.25) is 11.8 Å². The van der Waals surface area contributed by atoms with Gasteiger partial charge in [0.05, 0.1) is 12.2 Å². The summed E-state index contributed by atoms with van der Waals surface area (Å²) in [6.45, 7) is 7.23. The van der Waals surface area contributed by atoms with Crippen molar-refractivity contribution in [1.29, 1.82) is 0 Å². The van der Waals surface area contributed by atoms with E-state index in [0.29, 0.717) is 6.54 Å². The fourth-order valence-corrected chi connectivity index (χ4v) is 2.37. The second kappa shape index (κ2) is 4.84. The van der Waals surface area contributed by atoms with Gasteiger partial charge in [-0.05, 0) is 55.8 Å². The molecule has 5 nitrogen and oxygen atoms in total. The summed E-state index contributed by atoms with van der Waals surface area (Å²) in [6, 6.07) is 3.71. The first-order valence-electron chi connectivity index (χ1n) is 6.40. The molecule has 0 radical (unpaired) electrons. The predicted octanol–water partition coefficient (Wildman–Crippen LogP) is 1.86. The third-order valence-corrected chi connectivity index (χ3v) is 4.01. The minimum atomic E-state index is -0.888. The summed E-state index contributed by atoms with van der Waals surface area (Å²) in [5.41, 5.74) is -1.02. The molecule has 1 aliphatic rings. The van der Waals surface area contributed by atoms with Crippen molar-refractivity contribution in [1.82, 2.24) is 15.2 Å². The highest BCUT2D eigenvalue weighted by Gasteiger charge is 2.50. The van der Waals surface area contributed by atoms with Gasteiger partial charge in [-0.1, -0.05) is 0 Å². The molecule has 0 aromatic carbocycles. The van der Waals surface area contributed by atoms with E-state index in [1.54, 1.807) is 38.8 Å². The Balaban J connectivity index is 2.33. The second-order valence-corrected chi connectivity index (χ2v) is 6.91. The van der Waals surface area contributed by atoms with E-state index in [-0.39, 0.29) is 11.8 Å². The van der Waals surface area contributed by atoms with Crippen LogP contribution >= 0.6 is 15.9 Å². The molecule has 1 aromatic rings. The maximum absolute atomic E-state index is 12.6. The van der Waals surface area contributed by atoms with E-state index in [1.807, 2.05) is 12.1 Å². The summed E-state index contributed by atoms with van der Waals surface area (Å²) >= 11 is 3.33. The van der Waals surface area contributed by atoms with Crippen LogP contribution in [0.25, 0.3) is 0 Å². The molecule has 108 valence electrons. The molecule has 1 fully saturated rings. The van der Waals surface area contributed by atoms with Crippen LogP contribution in [0.15, 0.2) is 22.8 Å². The number of hydrogen-bond donors (Lipinski definition) is 1. The van der Waals surface area contributed by atoms with Crippen molar-refractivity contribution in [3.63, 3.8) is 0 Å². The second-order valence-electron chi connectivity index (χ2n) is 6.00. The number of halogens is 1. The Morgan fingerprint density at radius 3 is 2.45 bits per heavy atom. The van der Waals surface area contributed by atoms with Crippen molar-refractivity contribution in [2.24, 2.45) is 0 Å². The number of piperazine rings is 1. The number of aromatic nitrogens is 1. The minimum Gasteiger partial charge on any atom is -0.340 e. The lowest BCUT2D eigenvalue weighted by molar-refractivity contribution is -0.160. The van der Waals surface area contributed by atoms with Crippen LogP contribution in [0, 0.1) is 0 Å². The van der Waals surface area contributed by atoms with E-state index < -0.39 is 11.1 Å². The third kappa shape index (κ3) is 2.57. The Bertz CT molecular complexity index is 552. The maximum Gasteiger partial charge on any atom is 0.248 e. The summed E-state index contributed by atoms with van der Waals surface area (Å²) in [5, 5.41) is 2.76. The average molecular weight is 340 g/mol. The average Bonchev–Trinajstić information content (AvgIpc) is 2.35. The maximum atomic E-state index is 12.6. The monoisotopic (exact) mass is 339 g/mol. The molecule has 2 rings (SSSR count). The molecule has 0 atom stereocenters. The predicted molar refractivity (Wildman–Crippen MR) is 78.8 cm³/mol. The highest BCUT2D eigenvalue weighted by atomic mass is 79.9. The van der Waals surface area contributed by atoms with Gasteiger partial charge in [-0.15, -0.1) is 0 Å². The number of carbonyl (C=O) groups excluding carboxylic acids is 2. The van der Waals surface area contributed by atoms with Crippen molar-refractivity contribution in [3.05, 3.63) is 28.5 Å². The Kier molecular flexibility index (Phi) is 3.62. The summed E-state index contributed by atoms with van der Waals surface area (Å²) in [5.74, 6) is -0.258. The zero-order valence-corrected chi connectivity index (χ0v) is 13.6. The van der Waals surface area contributed by atoms with Gasteiger partial charge >= 0.3 is 0 Å². The lowest BCUT2D eigenvalue weighted by Gasteiger charge is -2.47. The first kappa shape index (κ1) is 15.0. The van der Waals surface area contributed by atoms with Crippen LogP contribution in [0.3, 0.4) is 0 Å². The van der Waals surface area contributed by atoms with Crippen LogP contribution in [0.2, 0.25) is 0 Å². The van der Waals surface area contributed by atoms with Crippen molar-refractivity contribution in [3.8, 4) is 0 Å². The SMILES string of the molecule is CC1(C)NC(=O)C(C)(C)N(Cc2ccc(Br)cn2)C1=O. The fraction of sp³-hybridized carbons (Fsp3) is 0.500. The number of rotatable bonds is 2. The Hall–Kier alpha value is -1.43. The lowest BCUT2D eigenvalue weighted by Crippen LogP contribution is -2.71. The zero-order valence-electron chi connectivity index (χ0n) is 12.0. The van der Waals surface area contributed by atoms with Gasteiger partial charge in [0.15, 0.2) is 0 Å². The molecule has 1 aliphatic heterocycles. The topological polar surface area (TPSA) is 62.3 Å². The van der Waals surface area contributed by atoms with E-state index in [0.717, 1.165) is 10.2 Å². The largest absolute Gasteiger partial charge is 0.340 e. The van der Waals surface area contributed by atoms with E-state index in [9.17, 15) is 9.59 Å². The minimum absolute atomic E-state index is 0.105. The first-order valence-corrected chi connectivity index (χ1v) is 7.19. The molecule has 0 bridgehead atoms. The normalized spacial score (nSPS) is 20.8. The highest BCUT2D eigenvalue weighted by Crippen LogP contribution is 2.27. The van der Waals surface area contributed by atoms with Gasteiger partial charge < -0.3 is 10.2 Å². The summed E-state index contributed by atoms with van der Waals surface area (Å²) < 4.78 is 0.878. The van der Waals surface area contributed by atoms with Crippen LogP contribution in [-0.2, 0) is 16.1 Å². The third-order valence-electron chi connectivity index (χ3n) is 3.55. The van der Waals surface area contributed by atoms with E-state index in [4.69, 9.17) is 0 Å². The Morgan fingerprint density at radius 1 is 1.25 bits per heavy atom. The quantitative estimate of drug-likeness (QED) is 0.894. The Labute approximate surface area is 126 Å². The smallest absolute Gasteiger partial charge is 0.248 e. The van der Waals surface area contributed by atoms with E-state index in [1.165, 1.54) is 0 Å². The number of amides is 2. The van der Waals surface area contributed by atoms with Gasteiger partial charge in [0.1, 0.15) is 11.1 Å². The summed E-state index contributed by atoms with van der Waals surface area (Å²) in [6.07, 6.45) is 1.68. The van der Waals surface area contributed by atoms with Crippen molar-refractivity contribution >= 4 is 27.7 Å². The number of nitrogens with one attached hydrogen (secondary N) is 1. The number of nitrogens with zero attached hydrogens (tertiary/aromatic N) is 2. The molecule has 1 N–H and O–H groups in total. The van der Waals surface area contributed by atoms with Crippen molar-refractivity contribution in [2.45, 2.75) is 45.3 Å². The summed E-state index contributed by atoms with van der Waals surface area (Å²) in [7, 11) is 0. The molecular formula is C14H18BrN3O2. The van der Waals surface area contributed by atoms with Crippen LogP contribution in [-0.4, -0.2) is 32.8 Å². The first-order chi connectivity index (χ1) is 9.14. The molecule has 6 heteroatoms. The Morgan fingerprint density at radius 2 is 1.90 bits per heavy atom. The lowest BCUT2D eigenvalue weighted by atomic mass is 9.89. The van der Waals surface area contributed by atoms with Gasteiger partial charge in [-0.3, -0.25) is 14.6 Å². The highest BCUT2D eigenvalue weighted by molar-refractivity contribution is 9.10. The molecule has 0 aliphatic carbocycles.